The van der Waals surface area contributed by atoms with E-state index >= 15 is 0 Å². The zero-order valence-electron chi connectivity index (χ0n) is 17.5. The van der Waals surface area contributed by atoms with Crippen LogP contribution in [0.5, 0.6) is 11.5 Å². The standard InChI is InChI=1S/C24H26F3NO3/c1-15(28-16(2)29)18-7-10-20(11-8-18)31-21-9-6-17(13-21)12-19-4-3-5-22(24(19)27)30-14-23(25)26/h3-5,7-8,10-12,15,21,23H,6,9,13-14H2,1-2H3,(H,28,29)/b17-12-/t15-,21+/m0/s1. The van der Waals surface area contributed by atoms with Crippen LogP contribution >= 0.6 is 0 Å². The molecule has 31 heavy (non-hydrogen) atoms. The van der Waals surface area contributed by atoms with Gasteiger partial charge < -0.3 is 14.8 Å². The Balaban J connectivity index is 1.60. The van der Waals surface area contributed by atoms with Crippen LogP contribution in [0.3, 0.4) is 0 Å². The van der Waals surface area contributed by atoms with Gasteiger partial charge in [0.1, 0.15) is 18.5 Å². The van der Waals surface area contributed by atoms with Gasteiger partial charge in [-0.25, -0.2) is 13.2 Å². The first kappa shape index (κ1) is 22.7. The average Bonchev–Trinajstić information content (AvgIpc) is 3.15. The highest BCUT2D eigenvalue weighted by atomic mass is 19.3. The summed E-state index contributed by atoms with van der Waals surface area (Å²) in [6, 6.07) is 12.0. The molecule has 0 unspecified atom stereocenters. The van der Waals surface area contributed by atoms with Gasteiger partial charge in [0.2, 0.25) is 5.91 Å². The molecule has 2 aromatic rings. The van der Waals surface area contributed by atoms with E-state index < -0.39 is 18.8 Å². The summed E-state index contributed by atoms with van der Waals surface area (Å²) in [5.41, 5.74) is 2.34. The first-order chi connectivity index (χ1) is 14.8. The summed E-state index contributed by atoms with van der Waals surface area (Å²) in [6.07, 6.45) is 1.30. The smallest absolute Gasteiger partial charge is 0.272 e. The molecule has 2 atom stereocenters. The molecule has 3 rings (SSSR count). The Hall–Kier alpha value is -2.96. The molecular formula is C24H26F3NO3. The average molecular weight is 433 g/mol. The van der Waals surface area contributed by atoms with Gasteiger partial charge in [0.05, 0.1) is 6.04 Å². The van der Waals surface area contributed by atoms with Crippen LogP contribution in [0.4, 0.5) is 13.2 Å². The van der Waals surface area contributed by atoms with E-state index in [0.717, 1.165) is 29.7 Å². The number of rotatable bonds is 8. The molecule has 0 heterocycles. The summed E-state index contributed by atoms with van der Waals surface area (Å²) in [7, 11) is 0. The lowest BCUT2D eigenvalue weighted by Crippen LogP contribution is -2.23. The molecule has 0 bridgehead atoms. The van der Waals surface area contributed by atoms with E-state index in [2.05, 4.69) is 5.32 Å². The van der Waals surface area contributed by atoms with E-state index in [1.165, 1.54) is 13.0 Å². The highest BCUT2D eigenvalue weighted by Gasteiger charge is 2.22. The number of hydrogen-bond donors (Lipinski definition) is 1. The van der Waals surface area contributed by atoms with Crippen molar-refractivity contribution in [3.05, 3.63) is 65.0 Å². The highest BCUT2D eigenvalue weighted by Crippen LogP contribution is 2.32. The molecule has 4 nitrogen and oxygen atoms in total. The topological polar surface area (TPSA) is 47.6 Å². The fraction of sp³-hybridized carbons (Fsp3) is 0.375. The van der Waals surface area contributed by atoms with E-state index in [1.807, 2.05) is 31.2 Å². The minimum atomic E-state index is -2.66. The fourth-order valence-corrected chi connectivity index (χ4v) is 3.61. The van der Waals surface area contributed by atoms with Crippen molar-refractivity contribution >= 4 is 12.0 Å². The molecule has 1 aliphatic rings. The Bertz CT molecular complexity index is 928. The van der Waals surface area contributed by atoms with Crippen LogP contribution in [0.2, 0.25) is 0 Å². The van der Waals surface area contributed by atoms with Crippen LogP contribution in [0.25, 0.3) is 6.08 Å². The summed E-state index contributed by atoms with van der Waals surface area (Å²) in [4.78, 5) is 11.2. The van der Waals surface area contributed by atoms with Crippen molar-refractivity contribution < 1.29 is 27.4 Å². The summed E-state index contributed by atoms with van der Waals surface area (Å²) in [5, 5.41) is 2.84. The van der Waals surface area contributed by atoms with Crippen LogP contribution in [0.15, 0.2) is 48.0 Å². The lowest BCUT2D eigenvalue weighted by atomic mass is 10.1. The maximum Gasteiger partial charge on any atom is 0.272 e. The van der Waals surface area contributed by atoms with Crippen LogP contribution in [-0.4, -0.2) is 25.0 Å². The maximum absolute atomic E-state index is 14.5. The number of hydrogen-bond acceptors (Lipinski definition) is 3. The second kappa shape index (κ2) is 10.4. The first-order valence-electron chi connectivity index (χ1n) is 10.2. The van der Waals surface area contributed by atoms with Gasteiger partial charge in [0.25, 0.3) is 6.43 Å². The van der Waals surface area contributed by atoms with Gasteiger partial charge in [-0.15, -0.1) is 0 Å². The Labute approximate surface area is 180 Å². The third-order valence-corrected chi connectivity index (χ3v) is 5.10. The van der Waals surface area contributed by atoms with Crippen LogP contribution in [0.1, 0.15) is 50.3 Å². The predicted octanol–water partition coefficient (Wildman–Crippen LogP) is 5.68. The lowest BCUT2D eigenvalue weighted by Gasteiger charge is -2.16. The molecule has 1 fully saturated rings. The van der Waals surface area contributed by atoms with Gasteiger partial charge in [-0.2, -0.15) is 0 Å². The second-order valence-corrected chi connectivity index (χ2v) is 7.64. The highest BCUT2D eigenvalue weighted by molar-refractivity contribution is 5.73. The summed E-state index contributed by atoms with van der Waals surface area (Å²) < 4.78 is 50.1. The third kappa shape index (κ3) is 6.51. The summed E-state index contributed by atoms with van der Waals surface area (Å²) in [6.45, 7) is 2.56. The van der Waals surface area contributed by atoms with Crippen molar-refractivity contribution in [3.8, 4) is 11.5 Å². The van der Waals surface area contributed by atoms with Crippen molar-refractivity contribution in [3.63, 3.8) is 0 Å². The number of nitrogens with one attached hydrogen (secondary N) is 1. The van der Waals surface area contributed by atoms with Crippen LogP contribution < -0.4 is 14.8 Å². The predicted molar refractivity (Wildman–Crippen MR) is 113 cm³/mol. The Kier molecular flexibility index (Phi) is 7.60. The SMILES string of the molecule is CC(=O)N[C@@H](C)c1ccc(O[C@@H]2CC/C(=C/c3cccc(OCC(F)F)c3F)C2)cc1. The van der Waals surface area contributed by atoms with Gasteiger partial charge in [-0.1, -0.05) is 35.9 Å². The second-order valence-electron chi connectivity index (χ2n) is 7.64. The molecule has 166 valence electrons. The van der Waals surface area contributed by atoms with E-state index in [-0.39, 0.29) is 23.8 Å². The third-order valence-electron chi connectivity index (χ3n) is 5.10. The number of carbonyl (C=O) groups is 1. The summed E-state index contributed by atoms with van der Waals surface area (Å²) >= 11 is 0. The lowest BCUT2D eigenvalue weighted by molar-refractivity contribution is -0.119. The first-order valence-corrected chi connectivity index (χ1v) is 10.2. The Morgan fingerprint density at radius 3 is 2.65 bits per heavy atom. The minimum Gasteiger partial charge on any atom is -0.490 e. The number of amides is 1. The van der Waals surface area contributed by atoms with Gasteiger partial charge >= 0.3 is 0 Å². The van der Waals surface area contributed by atoms with E-state index in [1.54, 1.807) is 18.2 Å². The van der Waals surface area contributed by atoms with Crippen molar-refractivity contribution in [2.75, 3.05) is 6.61 Å². The molecule has 1 amide bonds. The molecule has 0 aliphatic heterocycles. The minimum absolute atomic E-state index is 0.0220. The molecule has 0 saturated heterocycles. The zero-order valence-corrected chi connectivity index (χ0v) is 17.5. The normalized spacial score (nSPS) is 18.3. The quantitative estimate of drug-likeness (QED) is 0.583. The van der Waals surface area contributed by atoms with Crippen molar-refractivity contribution in [1.82, 2.24) is 5.32 Å². The Morgan fingerprint density at radius 1 is 1.23 bits per heavy atom. The number of carbonyl (C=O) groups excluding carboxylic acids is 1. The van der Waals surface area contributed by atoms with Gasteiger partial charge in [0, 0.05) is 18.9 Å². The monoisotopic (exact) mass is 433 g/mol. The van der Waals surface area contributed by atoms with Crippen molar-refractivity contribution in [1.29, 1.82) is 0 Å². The van der Waals surface area contributed by atoms with Gasteiger partial charge in [-0.05, 0) is 43.5 Å². The van der Waals surface area contributed by atoms with Gasteiger partial charge in [0.15, 0.2) is 11.6 Å². The molecule has 0 aromatic heterocycles. The molecule has 0 spiro atoms. The molecule has 1 saturated carbocycles. The largest absolute Gasteiger partial charge is 0.490 e. The van der Waals surface area contributed by atoms with Crippen molar-refractivity contribution in [2.45, 2.75) is 51.7 Å². The van der Waals surface area contributed by atoms with Gasteiger partial charge in [-0.3, -0.25) is 4.79 Å². The van der Waals surface area contributed by atoms with Crippen LogP contribution in [0, 0.1) is 5.82 Å². The molecule has 7 heteroatoms. The number of halogens is 3. The molecular weight excluding hydrogens is 407 g/mol. The maximum atomic E-state index is 14.5. The van der Waals surface area contributed by atoms with E-state index in [4.69, 9.17) is 9.47 Å². The molecule has 1 aliphatic carbocycles. The Morgan fingerprint density at radius 2 is 1.97 bits per heavy atom. The van der Waals surface area contributed by atoms with E-state index in [9.17, 15) is 18.0 Å². The van der Waals surface area contributed by atoms with E-state index in [0.29, 0.717) is 12.0 Å². The molecule has 1 N–H and O–H groups in total. The molecule has 2 aromatic carbocycles. The number of benzene rings is 2. The van der Waals surface area contributed by atoms with Crippen LogP contribution in [-0.2, 0) is 4.79 Å². The fourth-order valence-electron chi connectivity index (χ4n) is 3.61. The number of ether oxygens (including phenoxy) is 2. The number of alkyl halides is 2. The summed E-state index contributed by atoms with van der Waals surface area (Å²) in [5.74, 6) is -0.155. The molecule has 0 radical (unpaired) electrons. The zero-order chi connectivity index (χ0) is 22.4. The van der Waals surface area contributed by atoms with Crippen molar-refractivity contribution in [2.24, 2.45) is 0 Å².